The highest BCUT2D eigenvalue weighted by Crippen LogP contribution is 2.16. The number of carbonyl (C=O) groups excluding carboxylic acids is 1. The second-order valence-electron chi connectivity index (χ2n) is 7.02. The molecule has 0 radical (unpaired) electrons. The van der Waals surface area contributed by atoms with Crippen molar-refractivity contribution in [1.29, 1.82) is 0 Å². The Labute approximate surface area is 155 Å². The molecule has 0 aromatic heterocycles. The first-order valence-corrected chi connectivity index (χ1v) is 10.7. The van der Waals surface area contributed by atoms with E-state index in [1.165, 1.54) is 12.1 Å². The molecule has 1 aromatic carbocycles. The summed E-state index contributed by atoms with van der Waals surface area (Å²) in [7, 11) is -3.63. The molecule has 7 nitrogen and oxygen atoms in total. The molecular formula is C18H27N3O4S. The first-order chi connectivity index (χ1) is 12.5. The molecule has 1 amide bonds. The molecule has 2 aliphatic rings. The van der Waals surface area contributed by atoms with Gasteiger partial charge in [-0.25, -0.2) is 13.1 Å². The molecule has 0 saturated carbocycles. The molecule has 26 heavy (non-hydrogen) atoms. The number of sulfonamides is 1. The Hall–Kier alpha value is -1.48. The lowest BCUT2D eigenvalue weighted by Crippen LogP contribution is -2.42. The van der Waals surface area contributed by atoms with Crippen molar-refractivity contribution in [2.75, 3.05) is 39.3 Å². The van der Waals surface area contributed by atoms with Gasteiger partial charge in [0.15, 0.2) is 0 Å². The number of rotatable bonds is 7. The Morgan fingerprint density at radius 3 is 2.73 bits per heavy atom. The average molecular weight is 381 g/mol. The van der Waals surface area contributed by atoms with Crippen molar-refractivity contribution in [2.24, 2.45) is 0 Å². The quantitative estimate of drug-likeness (QED) is 0.677. The van der Waals surface area contributed by atoms with Gasteiger partial charge in [0, 0.05) is 31.7 Å². The molecule has 2 fully saturated rings. The van der Waals surface area contributed by atoms with Crippen molar-refractivity contribution in [3.63, 3.8) is 0 Å². The van der Waals surface area contributed by atoms with Crippen molar-refractivity contribution < 1.29 is 18.3 Å². The summed E-state index contributed by atoms with van der Waals surface area (Å²) in [6.45, 7) is 4.17. The van der Waals surface area contributed by atoms with Crippen LogP contribution < -0.4 is 4.72 Å². The summed E-state index contributed by atoms with van der Waals surface area (Å²) in [5.41, 5.74) is 0.412. The van der Waals surface area contributed by atoms with Gasteiger partial charge in [-0.15, -0.1) is 0 Å². The van der Waals surface area contributed by atoms with E-state index in [-0.39, 0.29) is 16.9 Å². The molecule has 2 N–H and O–H groups in total. The van der Waals surface area contributed by atoms with Gasteiger partial charge in [-0.2, -0.15) is 0 Å². The lowest BCUT2D eigenvalue weighted by atomic mass is 10.1. The number of amides is 1. The van der Waals surface area contributed by atoms with Crippen molar-refractivity contribution >= 4 is 15.9 Å². The van der Waals surface area contributed by atoms with Crippen LogP contribution in [0.1, 0.15) is 36.0 Å². The van der Waals surface area contributed by atoms with Crippen LogP contribution in [0.15, 0.2) is 29.2 Å². The summed E-state index contributed by atoms with van der Waals surface area (Å²) in [5, 5.41) is 9.66. The van der Waals surface area contributed by atoms with Crippen LogP contribution in [0.25, 0.3) is 0 Å². The van der Waals surface area contributed by atoms with Crippen molar-refractivity contribution in [3.05, 3.63) is 29.8 Å². The molecule has 2 aliphatic heterocycles. The van der Waals surface area contributed by atoms with Gasteiger partial charge in [-0.1, -0.05) is 6.07 Å². The summed E-state index contributed by atoms with van der Waals surface area (Å²) in [5.74, 6) is -0.114. The zero-order chi connectivity index (χ0) is 18.6. The topological polar surface area (TPSA) is 90.0 Å². The fourth-order valence-electron chi connectivity index (χ4n) is 3.32. The molecule has 1 aromatic rings. The van der Waals surface area contributed by atoms with Crippen LogP contribution in [-0.4, -0.2) is 74.6 Å². The molecule has 1 atom stereocenters. The van der Waals surface area contributed by atoms with E-state index in [0.717, 1.165) is 45.4 Å². The van der Waals surface area contributed by atoms with E-state index in [4.69, 9.17) is 0 Å². The SMILES string of the molecule is O=C(c1cccc(S(=O)(=O)NCCCN2CCC[C@@H](O)C2)c1)N1CCC1. The van der Waals surface area contributed by atoms with Gasteiger partial charge in [0.05, 0.1) is 11.0 Å². The van der Waals surface area contributed by atoms with Crippen LogP contribution in [0.4, 0.5) is 0 Å². The molecule has 144 valence electrons. The minimum atomic E-state index is -3.63. The highest BCUT2D eigenvalue weighted by molar-refractivity contribution is 7.89. The number of β-amino-alcohol motifs (C(OH)–C–C–N with tert-alkyl or cyclic N) is 1. The monoisotopic (exact) mass is 381 g/mol. The second-order valence-corrected chi connectivity index (χ2v) is 8.79. The van der Waals surface area contributed by atoms with Gasteiger partial charge < -0.3 is 14.9 Å². The average Bonchev–Trinajstić information content (AvgIpc) is 2.57. The van der Waals surface area contributed by atoms with E-state index in [1.807, 2.05) is 0 Å². The number of piperidine rings is 1. The maximum Gasteiger partial charge on any atom is 0.253 e. The Balaban J connectivity index is 1.52. The first kappa shape index (κ1) is 19.3. The van der Waals surface area contributed by atoms with Gasteiger partial charge in [0.25, 0.3) is 5.91 Å². The molecule has 2 saturated heterocycles. The minimum absolute atomic E-state index is 0.114. The highest BCUT2D eigenvalue weighted by Gasteiger charge is 2.23. The lowest BCUT2D eigenvalue weighted by molar-refractivity contribution is 0.0651. The highest BCUT2D eigenvalue weighted by atomic mass is 32.2. The summed E-state index contributed by atoms with van der Waals surface area (Å²) in [4.78, 5) is 16.3. The van der Waals surface area contributed by atoms with Crippen molar-refractivity contribution in [3.8, 4) is 0 Å². The summed E-state index contributed by atoms with van der Waals surface area (Å²) < 4.78 is 27.6. The summed E-state index contributed by atoms with van der Waals surface area (Å²) in [6.07, 6.45) is 3.23. The van der Waals surface area contributed by atoms with E-state index in [1.54, 1.807) is 17.0 Å². The van der Waals surface area contributed by atoms with Crippen molar-refractivity contribution in [1.82, 2.24) is 14.5 Å². The standard InChI is InChI=1S/C18H27N3O4S/c22-16-6-2-9-20(14-16)10-3-8-19-26(24,25)17-7-1-5-15(13-17)18(23)21-11-4-12-21/h1,5,7,13,16,19,22H,2-4,6,8-12,14H2/t16-/m1/s1. The van der Waals surface area contributed by atoms with Crippen molar-refractivity contribution in [2.45, 2.75) is 36.7 Å². The predicted octanol–water partition coefficient (Wildman–Crippen LogP) is 0.658. The molecule has 2 heterocycles. The van der Waals surface area contributed by atoms with Gasteiger partial charge in [0.2, 0.25) is 10.0 Å². The molecule has 0 bridgehead atoms. The Bertz CT molecular complexity index is 734. The summed E-state index contributed by atoms with van der Waals surface area (Å²) in [6, 6.07) is 6.22. The van der Waals surface area contributed by atoms with Gasteiger partial charge in [0.1, 0.15) is 0 Å². The fraction of sp³-hybridized carbons (Fsp3) is 0.611. The number of benzene rings is 1. The lowest BCUT2D eigenvalue weighted by Gasteiger charge is -2.31. The van der Waals surface area contributed by atoms with Gasteiger partial charge in [-0.3, -0.25) is 4.79 Å². The molecule has 0 unspecified atom stereocenters. The van der Waals surface area contributed by atoms with Gasteiger partial charge in [-0.05, 0) is 57.0 Å². The normalized spacial score (nSPS) is 21.4. The number of hydrogen-bond donors (Lipinski definition) is 2. The number of aliphatic hydroxyl groups is 1. The molecule has 8 heteroatoms. The van der Waals surface area contributed by atoms with E-state index in [9.17, 15) is 18.3 Å². The fourth-order valence-corrected chi connectivity index (χ4v) is 4.44. The van der Waals surface area contributed by atoms with Crippen LogP contribution in [0.2, 0.25) is 0 Å². The molecule has 0 aliphatic carbocycles. The number of aliphatic hydroxyl groups excluding tert-OH is 1. The predicted molar refractivity (Wildman–Crippen MR) is 98.4 cm³/mol. The summed E-state index contributed by atoms with van der Waals surface area (Å²) >= 11 is 0. The second kappa shape index (κ2) is 8.47. The first-order valence-electron chi connectivity index (χ1n) is 9.25. The van der Waals surface area contributed by atoms with E-state index in [0.29, 0.717) is 25.1 Å². The number of hydrogen-bond acceptors (Lipinski definition) is 5. The van der Waals surface area contributed by atoms with Crippen LogP contribution in [0, 0.1) is 0 Å². The van der Waals surface area contributed by atoms with E-state index < -0.39 is 10.0 Å². The zero-order valence-corrected chi connectivity index (χ0v) is 15.7. The maximum absolute atomic E-state index is 12.5. The van der Waals surface area contributed by atoms with E-state index >= 15 is 0 Å². The Kier molecular flexibility index (Phi) is 6.29. The molecule has 0 spiro atoms. The Morgan fingerprint density at radius 1 is 1.23 bits per heavy atom. The number of carbonyl (C=O) groups is 1. The largest absolute Gasteiger partial charge is 0.392 e. The zero-order valence-electron chi connectivity index (χ0n) is 14.9. The maximum atomic E-state index is 12.5. The van der Waals surface area contributed by atoms with Gasteiger partial charge >= 0.3 is 0 Å². The number of nitrogens with zero attached hydrogens (tertiary/aromatic N) is 2. The van der Waals surface area contributed by atoms with E-state index in [2.05, 4.69) is 9.62 Å². The van der Waals surface area contributed by atoms with Crippen LogP contribution in [-0.2, 0) is 10.0 Å². The van der Waals surface area contributed by atoms with Crippen LogP contribution >= 0.6 is 0 Å². The minimum Gasteiger partial charge on any atom is -0.392 e. The smallest absolute Gasteiger partial charge is 0.253 e. The third-order valence-corrected chi connectivity index (χ3v) is 6.42. The third kappa shape index (κ3) is 4.82. The van der Waals surface area contributed by atoms with Crippen LogP contribution in [0.3, 0.4) is 0 Å². The Morgan fingerprint density at radius 2 is 2.04 bits per heavy atom. The molecular weight excluding hydrogens is 354 g/mol. The van der Waals surface area contributed by atoms with Crippen LogP contribution in [0.5, 0.6) is 0 Å². The number of likely N-dealkylation sites (tertiary alicyclic amines) is 2. The molecule has 3 rings (SSSR count). The number of nitrogens with one attached hydrogen (secondary N) is 1. The third-order valence-electron chi connectivity index (χ3n) is 4.96.